The van der Waals surface area contributed by atoms with Crippen LogP contribution in [0.2, 0.25) is 0 Å². The molecular formula is C10H11NO4S2. The van der Waals surface area contributed by atoms with E-state index in [0.717, 1.165) is 0 Å². The van der Waals surface area contributed by atoms with Crippen LogP contribution in [0.5, 0.6) is 0 Å². The number of nitrogens with zero attached hydrogens (tertiary/aromatic N) is 1. The lowest BCUT2D eigenvalue weighted by Gasteiger charge is -2.18. The zero-order valence-corrected chi connectivity index (χ0v) is 10.5. The minimum Gasteiger partial charge on any atom is -0.310 e. The van der Waals surface area contributed by atoms with Crippen molar-refractivity contribution in [3.63, 3.8) is 0 Å². The summed E-state index contributed by atoms with van der Waals surface area (Å²) in [6, 6.07) is 5.87. The second kappa shape index (κ2) is 4.32. The van der Waals surface area contributed by atoms with E-state index in [-0.39, 0.29) is 28.2 Å². The van der Waals surface area contributed by atoms with Gasteiger partial charge in [0.15, 0.2) is 0 Å². The third-order valence-electron chi connectivity index (χ3n) is 2.54. The summed E-state index contributed by atoms with van der Waals surface area (Å²) in [7, 11) is -4.33. The molecule has 0 spiro atoms. The SMILES string of the molecule is O=C1CC(S)CN1c1ccccc1S(=O)(=O)O. The Kier molecular flexibility index (Phi) is 3.15. The van der Waals surface area contributed by atoms with Crippen LogP contribution < -0.4 is 4.90 Å². The summed E-state index contributed by atoms with van der Waals surface area (Å²) < 4.78 is 31.5. The quantitative estimate of drug-likeness (QED) is 0.622. The van der Waals surface area contributed by atoms with Gasteiger partial charge in [-0.25, -0.2) is 0 Å². The number of carbonyl (C=O) groups excluding carboxylic acids is 1. The Morgan fingerprint density at radius 2 is 2.00 bits per heavy atom. The zero-order chi connectivity index (χ0) is 12.6. The smallest absolute Gasteiger partial charge is 0.296 e. The molecule has 0 radical (unpaired) electrons. The number of hydrogen-bond acceptors (Lipinski definition) is 4. The van der Waals surface area contributed by atoms with E-state index < -0.39 is 10.1 Å². The Morgan fingerprint density at radius 1 is 1.35 bits per heavy atom. The molecule has 5 nitrogen and oxygen atoms in total. The van der Waals surface area contributed by atoms with Gasteiger partial charge in [-0.1, -0.05) is 12.1 Å². The third kappa shape index (κ3) is 2.46. The van der Waals surface area contributed by atoms with Crippen molar-refractivity contribution in [3.05, 3.63) is 24.3 Å². The van der Waals surface area contributed by atoms with Crippen LogP contribution in [0, 0.1) is 0 Å². The molecule has 1 aromatic rings. The van der Waals surface area contributed by atoms with Gasteiger partial charge in [-0.05, 0) is 12.1 Å². The number of para-hydroxylation sites is 1. The fraction of sp³-hybridized carbons (Fsp3) is 0.300. The Labute approximate surface area is 105 Å². The third-order valence-corrected chi connectivity index (χ3v) is 3.79. The Morgan fingerprint density at radius 3 is 2.53 bits per heavy atom. The van der Waals surface area contributed by atoms with Gasteiger partial charge in [0, 0.05) is 18.2 Å². The minimum atomic E-state index is -4.33. The summed E-state index contributed by atoms with van der Waals surface area (Å²) in [5.74, 6) is -0.193. The van der Waals surface area contributed by atoms with Gasteiger partial charge in [0.2, 0.25) is 5.91 Å². The first-order valence-electron chi connectivity index (χ1n) is 4.94. The lowest BCUT2D eigenvalue weighted by molar-refractivity contribution is -0.117. The molecule has 0 saturated carbocycles. The molecule has 1 heterocycles. The highest BCUT2D eigenvalue weighted by atomic mass is 32.2. The van der Waals surface area contributed by atoms with Crippen LogP contribution in [0.25, 0.3) is 0 Å². The lowest BCUT2D eigenvalue weighted by atomic mass is 10.3. The molecule has 1 amide bonds. The van der Waals surface area contributed by atoms with Crippen molar-refractivity contribution in [2.75, 3.05) is 11.4 Å². The summed E-state index contributed by atoms with van der Waals surface area (Å²) >= 11 is 4.19. The first kappa shape index (κ1) is 12.4. The predicted molar refractivity (Wildman–Crippen MR) is 66.0 cm³/mol. The summed E-state index contributed by atoms with van der Waals surface area (Å²) in [5.41, 5.74) is 0.205. The van der Waals surface area contributed by atoms with E-state index in [0.29, 0.717) is 6.54 Å². The maximum atomic E-state index is 11.7. The molecule has 1 fully saturated rings. The van der Waals surface area contributed by atoms with Crippen LogP contribution in [0.15, 0.2) is 29.2 Å². The molecule has 0 aromatic heterocycles. The fourth-order valence-corrected chi connectivity index (χ4v) is 2.83. The second-order valence-electron chi connectivity index (χ2n) is 3.81. The van der Waals surface area contributed by atoms with Crippen LogP contribution >= 0.6 is 12.6 Å². The second-order valence-corrected chi connectivity index (χ2v) is 5.93. The normalized spacial score (nSPS) is 20.9. The predicted octanol–water partition coefficient (Wildman–Crippen LogP) is 0.968. The number of thiol groups is 1. The molecule has 1 unspecified atom stereocenters. The molecule has 92 valence electrons. The molecule has 0 aliphatic carbocycles. The fourth-order valence-electron chi connectivity index (χ4n) is 1.82. The van der Waals surface area contributed by atoms with E-state index in [1.807, 2.05) is 0 Å². The van der Waals surface area contributed by atoms with E-state index in [9.17, 15) is 13.2 Å². The van der Waals surface area contributed by atoms with Gasteiger partial charge in [-0.3, -0.25) is 9.35 Å². The molecule has 0 bridgehead atoms. The standard InChI is InChI=1S/C10H11NO4S2/c12-10-5-7(16)6-11(10)8-3-1-2-4-9(8)17(13,14)15/h1-4,7,16H,5-6H2,(H,13,14,15). The number of hydrogen-bond donors (Lipinski definition) is 2. The molecule has 1 aromatic carbocycles. The maximum Gasteiger partial charge on any atom is 0.296 e. The zero-order valence-electron chi connectivity index (χ0n) is 8.78. The Balaban J connectivity index is 2.50. The number of anilines is 1. The number of carbonyl (C=O) groups is 1. The van der Waals surface area contributed by atoms with Gasteiger partial charge < -0.3 is 4.90 Å². The molecule has 7 heteroatoms. The minimum absolute atomic E-state index is 0.114. The van der Waals surface area contributed by atoms with Gasteiger partial charge in [0.05, 0.1) is 5.69 Å². The lowest BCUT2D eigenvalue weighted by Crippen LogP contribution is -2.26. The molecule has 17 heavy (non-hydrogen) atoms. The van der Waals surface area contributed by atoms with Crippen LogP contribution in [0.3, 0.4) is 0 Å². The van der Waals surface area contributed by atoms with Crippen molar-refractivity contribution in [1.82, 2.24) is 0 Å². The van der Waals surface area contributed by atoms with Gasteiger partial charge >= 0.3 is 0 Å². The highest BCUT2D eigenvalue weighted by Crippen LogP contribution is 2.29. The van der Waals surface area contributed by atoms with Gasteiger partial charge in [-0.15, -0.1) is 0 Å². The Hall–Kier alpha value is -1.05. The highest BCUT2D eigenvalue weighted by Gasteiger charge is 2.31. The number of rotatable bonds is 2. The first-order valence-corrected chi connectivity index (χ1v) is 6.90. The van der Waals surface area contributed by atoms with E-state index >= 15 is 0 Å². The summed E-state index contributed by atoms with van der Waals surface area (Å²) in [6.45, 7) is 0.342. The topological polar surface area (TPSA) is 74.7 Å². The van der Waals surface area contributed by atoms with Crippen molar-refractivity contribution < 1.29 is 17.8 Å². The molecule has 1 N–H and O–H groups in total. The van der Waals surface area contributed by atoms with Crippen molar-refractivity contribution in [2.24, 2.45) is 0 Å². The number of amides is 1. The highest BCUT2D eigenvalue weighted by molar-refractivity contribution is 7.86. The molecule has 2 rings (SSSR count). The molecule has 1 aliphatic rings. The average molecular weight is 273 g/mol. The van der Waals surface area contributed by atoms with Crippen LogP contribution in [-0.4, -0.2) is 30.7 Å². The van der Waals surface area contributed by atoms with Crippen LogP contribution in [0.1, 0.15) is 6.42 Å². The maximum absolute atomic E-state index is 11.7. The van der Waals surface area contributed by atoms with E-state index in [4.69, 9.17) is 4.55 Å². The van der Waals surface area contributed by atoms with Crippen LogP contribution in [-0.2, 0) is 14.9 Å². The summed E-state index contributed by atoms with van der Waals surface area (Å²) in [6.07, 6.45) is 0.267. The molecule has 1 saturated heterocycles. The largest absolute Gasteiger partial charge is 0.310 e. The molecule has 1 atom stereocenters. The summed E-state index contributed by atoms with van der Waals surface area (Å²) in [5, 5.41) is -0.114. The van der Waals surface area contributed by atoms with Crippen molar-refractivity contribution in [3.8, 4) is 0 Å². The van der Waals surface area contributed by atoms with E-state index in [1.54, 1.807) is 6.07 Å². The molecular weight excluding hydrogens is 262 g/mol. The Bertz CT molecular complexity index is 555. The first-order chi connectivity index (χ1) is 7.89. The van der Waals surface area contributed by atoms with Crippen molar-refractivity contribution in [1.29, 1.82) is 0 Å². The van der Waals surface area contributed by atoms with Gasteiger partial charge in [0.1, 0.15) is 4.90 Å². The van der Waals surface area contributed by atoms with Crippen molar-refractivity contribution >= 4 is 34.3 Å². The molecule has 1 aliphatic heterocycles. The summed E-state index contributed by atoms with van der Waals surface area (Å²) in [4.78, 5) is 12.7. The van der Waals surface area contributed by atoms with E-state index in [1.165, 1.54) is 23.1 Å². The van der Waals surface area contributed by atoms with Crippen LogP contribution in [0.4, 0.5) is 5.69 Å². The monoisotopic (exact) mass is 273 g/mol. The number of benzene rings is 1. The van der Waals surface area contributed by atoms with Crippen molar-refractivity contribution in [2.45, 2.75) is 16.6 Å². The van der Waals surface area contributed by atoms with Gasteiger partial charge in [-0.2, -0.15) is 21.0 Å². The average Bonchev–Trinajstić information content (AvgIpc) is 2.56. The van der Waals surface area contributed by atoms with Gasteiger partial charge in [0.25, 0.3) is 10.1 Å². The van der Waals surface area contributed by atoms with E-state index in [2.05, 4.69) is 12.6 Å².